The van der Waals surface area contributed by atoms with E-state index in [0.29, 0.717) is 106 Å². The van der Waals surface area contributed by atoms with Crippen molar-refractivity contribution in [3.8, 4) is 0 Å². The van der Waals surface area contributed by atoms with Crippen molar-refractivity contribution in [2.24, 2.45) is 0 Å². The van der Waals surface area contributed by atoms with Crippen LogP contribution in [-0.2, 0) is 42.6 Å². The third kappa shape index (κ3) is 34.4. The zero-order valence-electron chi connectivity index (χ0n) is 22.7. The van der Waals surface area contributed by atoms with E-state index in [1.54, 1.807) is 0 Å². The molecule has 0 N–H and O–H groups in total. The van der Waals surface area contributed by atoms with Gasteiger partial charge in [-0.2, -0.15) is 0 Å². The summed E-state index contributed by atoms with van der Waals surface area (Å²) in [6.07, 6.45) is 7.72. The lowest BCUT2D eigenvalue weighted by atomic mass is 10.1. The molecule has 0 radical (unpaired) electrons. The van der Waals surface area contributed by atoms with Crippen LogP contribution in [0.15, 0.2) is 0 Å². The van der Waals surface area contributed by atoms with Crippen LogP contribution in [0.5, 0.6) is 0 Å². The standard InChI is InChI=1S/C26H53IO9/c1-2-3-4-5-6-7-9-28-11-13-30-15-17-32-19-21-34-23-25-36-26-24-35-22-20-33-18-16-31-14-12-29-10-8-27/h2-26H2,1H3. The minimum Gasteiger partial charge on any atom is -0.379 e. The number of hydrogen-bond acceptors (Lipinski definition) is 9. The average molecular weight is 637 g/mol. The van der Waals surface area contributed by atoms with E-state index in [2.05, 4.69) is 29.5 Å². The van der Waals surface area contributed by atoms with E-state index in [1.165, 1.54) is 32.1 Å². The highest BCUT2D eigenvalue weighted by atomic mass is 127. The second kappa shape index (κ2) is 35.4. The molecule has 0 saturated carbocycles. The Labute approximate surface area is 233 Å². The average Bonchev–Trinajstić information content (AvgIpc) is 2.89. The monoisotopic (exact) mass is 636 g/mol. The lowest BCUT2D eigenvalue weighted by Crippen LogP contribution is -2.15. The highest BCUT2D eigenvalue weighted by Gasteiger charge is 1.96. The summed E-state index contributed by atoms with van der Waals surface area (Å²) in [5, 5.41) is 0. The quantitative estimate of drug-likeness (QED) is 0.0605. The van der Waals surface area contributed by atoms with E-state index in [4.69, 9.17) is 42.6 Å². The van der Waals surface area contributed by atoms with Gasteiger partial charge in [0.2, 0.25) is 0 Å². The molecule has 0 fully saturated rings. The van der Waals surface area contributed by atoms with E-state index >= 15 is 0 Å². The Balaban J connectivity index is 3.00. The van der Waals surface area contributed by atoms with Crippen LogP contribution in [0.1, 0.15) is 45.4 Å². The number of alkyl halides is 1. The largest absolute Gasteiger partial charge is 0.379 e. The number of ether oxygens (including phenoxy) is 9. The SMILES string of the molecule is CCCCCCCCOCCOCCOCCOCCOCCOCCOCCOCCOCCI. The molecule has 0 heterocycles. The van der Waals surface area contributed by atoms with Crippen LogP contribution in [0, 0.1) is 0 Å². The van der Waals surface area contributed by atoms with Crippen LogP contribution in [0.2, 0.25) is 0 Å². The molecule has 9 nitrogen and oxygen atoms in total. The van der Waals surface area contributed by atoms with Crippen LogP contribution >= 0.6 is 22.6 Å². The van der Waals surface area contributed by atoms with Gasteiger partial charge in [-0.1, -0.05) is 61.6 Å². The topological polar surface area (TPSA) is 83.1 Å². The maximum absolute atomic E-state index is 5.57. The van der Waals surface area contributed by atoms with Crippen molar-refractivity contribution in [2.75, 3.05) is 123 Å². The van der Waals surface area contributed by atoms with Gasteiger partial charge in [0.15, 0.2) is 0 Å². The molecule has 0 atom stereocenters. The second-order valence-electron chi connectivity index (χ2n) is 7.97. The molecule has 0 rings (SSSR count). The number of halogens is 1. The molecule has 0 unspecified atom stereocenters. The van der Waals surface area contributed by atoms with Gasteiger partial charge in [-0.05, 0) is 6.42 Å². The van der Waals surface area contributed by atoms with E-state index in [9.17, 15) is 0 Å². The first-order chi connectivity index (χ1) is 17.9. The number of rotatable bonds is 33. The van der Waals surface area contributed by atoms with Crippen molar-refractivity contribution < 1.29 is 42.6 Å². The van der Waals surface area contributed by atoms with Crippen molar-refractivity contribution in [3.63, 3.8) is 0 Å². The van der Waals surface area contributed by atoms with Crippen molar-refractivity contribution in [3.05, 3.63) is 0 Å². The van der Waals surface area contributed by atoms with E-state index < -0.39 is 0 Å². The summed E-state index contributed by atoms with van der Waals surface area (Å²) in [7, 11) is 0. The lowest BCUT2D eigenvalue weighted by molar-refractivity contribution is -0.0248. The predicted molar refractivity (Wildman–Crippen MR) is 150 cm³/mol. The molecule has 10 heteroatoms. The van der Waals surface area contributed by atoms with Gasteiger partial charge in [-0.3, -0.25) is 0 Å². The summed E-state index contributed by atoms with van der Waals surface area (Å²) in [6.45, 7) is 13.0. The maximum Gasteiger partial charge on any atom is 0.0701 e. The number of unbranched alkanes of at least 4 members (excludes halogenated alkanes) is 5. The van der Waals surface area contributed by atoms with Crippen molar-refractivity contribution in [1.82, 2.24) is 0 Å². The van der Waals surface area contributed by atoms with Gasteiger partial charge in [0.05, 0.1) is 112 Å². The summed E-state index contributed by atoms with van der Waals surface area (Å²) in [5.41, 5.74) is 0. The molecule has 0 aliphatic heterocycles. The molecular weight excluding hydrogens is 583 g/mol. The van der Waals surface area contributed by atoms with Crippen molar-refractivity contribution in [1.29, 1.82) is 0 Å². The first-order valence-corrected chi connectivity index (χ1v) is 15.2. The molecule has 36 heavy (non-hydrogen) atoms. The van der Waals surface area contributed by atoms with Crippen molar-refractivity contribution >= 4 is 22.6 Å². The zero-order valence-corrected chi connectivity index (χ0v) is 24.9. The van der Waals surface area contributed by atoms with Gasteiger partial charge in [-0.15, -0.1) is 0 Å². The van der Waals surface area contributed by atoms with Crippen LogP contribution in [0.25, 0.3) is 0 Å². The highest BCUT2D eigenvalue weighted by molar-refractivity contribution is 14.1. The summed E-state index contributed by atoms with van der Waals surface area (Å²) in [5.74, 6) is 0. The fourth-order valence-corrected chi connectivity index (χ4v) is 3.21. The molecule has 0 aromatic heterocycles. The summed E-state index contributed by atoms with van der Waals surface area (Å²) in [6, 6.07) is 0. The molecule has 0 bridgehead atoms. The Morgan fingerprint density at radius 2 is 0.556 bits per heavy atom. The highest BCUT2D eigenvalue weighted by Crippen LogP contribution is 2.04. The molecular formula is C26H53IO9. The van der Waals surface area contributed by atoms with Crippen LogP contribution in [0.3, 0.4) is 0 Å². The molecule has 0 spiro atoms. The molecule has 0 amide bonds. The van der Waals surface area contributed by atoms with Crippen LogP contribution in [0.4, 0.5) is 0 Å². The smallest absolute Gasteiger partial charge is 0.0701 e. The van der Waals surface area contributed by atoms with Gasteiger partial charge in [0.25, 0.3) is 0 Å². The molecule has 0 aliphatic carbocycles. The summed E-state index contributed by atoms with van der Waals surface area (Å²) in [4.78, 5) is 0. The van der Waals surface area contributed by atoms with E-state index in [0.717, 1.165) is 24.1 Å². The second-order valence-corrected chi connectivity index (χ2v) is 9.05. The Morgan fingerprint density at radius 1 is 0.306 bits per heavy atom. The Kier molecular flexibility index (Phi) is 35.7. The zero-order chi connectivity index (χ0) is 26.0. The third-order valence-electron chi connectivity index (χ3n) is 4.84. The fraction of sp³-hybridized carbons (Fsp3) is 1.00. The minimum atomic E-state index is 0.542. The van der Waals surface area contributed by atoms with Gasteiger partial charge in [0, 0.05) is 11.0 Å². The van der Waals surface area contributed by atoms with E-state index in [1.807, 2.05) is 0 Å². The van der Waals surface area contributed by atoms with Gasteiger partial charge in [-0.25, -0.2) is 0 Å². The normalized spacial score (nSPS) is 11.5. The summed E-state index contributed by atoms with van der Waals surface area (Å²) >= 11 is 2.28. The Hall–Kier alpha value is 0.370. The Morgan fingerprint density at radius 3 is 0.861 bits per heavy atom. The molecule has 218 valence electrons. The molecule has 0 saturated heterocycles. The first kappa shape index (κ1) is 36.4. The van der Waals surface area contributed by atoms with E-state index in [-0.39, 0.29) is 0 Å². The fourth-order valence-electron chi connectivity index (χ4n) is 2.90. The molecule has 0 aromatic carbocycles. The number of hydrogen-bond donors (Lipinski definition) is 0. The third-order valence-corrected chi connectivity index (χ3v) is 5.28. The maximum atomic E-state index is 5.57. The van der Waals surface area contributed by atoms with Crippen molar-refractivity contribution in [2.45, 2.75) is 45.4 Å². The molecule has 0 aromatic rings. The minimum absolute atomic E-state index is 0.542. The first-order valence-electron chi connectivity index (χ1n) is 13.7. The summed E-state index contributed by atoms with van der Waals surface area (Å²) < 4.78 is 50.1. The van der Waals surface area contributed by atoms with Crippen LogP contribution in [-0.4, -0.2) is 123 Å². The lowest BCUT2D eigenvalue weighted by Gasteiger charge is -2.09. The Bertz CT molecular complexity index is 347. The van der Waals surface area contributed by atoms with Crippen LogP contribution < -0.4 is 0 Å². The predicted octanol–water partition coefficient (Wildman–Crippen LogP) is 3.93. The van der Waals surface area contributed by atoms with Gasteiger partial charge >= 0.3 is 0 Å². The van der Waals surface area contributed by atoms with Gasteiger partial charge < -0.3 is 42.6 Å². The van der Waals surface area contributed by atoms with Gasteiger partial charge in [0.1, 0.15) is 0 Å². The molecule has 0 aliphatic rings.